The van der Waals surface area contributed by atoms with Crippen molar-refractivity contribution in [2.24, 2.45) is 4.99 Å². The van der Waals surface area contributed by atoms with Gasteiger partial charge in [-0.2, -0.15) is 0 Å². The molecule has 0 radical (unpaired) electrons. The number of fused-ring (bicyclic) bond motifs is 1. The molecule has 0 aliphatic rings. The molecule has 4 nitrogen and oxygen atoms in total. The maximum atomic E-state index is 11.5. The smallest absolute Gasteiger partial charge is 0.341 e. The van der Waals surface area contributed by atoms with Crippen LogP contribution in [0.2, 0.25) is 0 Å². The average Bonchev–Trinajstić information content (AvgIpc) is 2.37. The molecule has 0 amide bonds. The predicted octanol–water partition coefficient (Wildman–Crippen LogP) is 2.66. The highest BCUT2D eigenvalue weighted by molar-refractivity contribution is 6.05. The molecule has 0 unspecified atom stereocenters. The fraction of sp³-hybridized carbons (Fsp3) is 0.0769. The van der Waals surface area contributed by atoms with E-state index in [9.17, 15) is 9.90 Å². The van der Waals surface area contributed by atoms with Gasteiger partial charge in [0.1, 0.15) is 11.3 Å². The van der Waals surface area contributed by atoms with Crippen molar-refractivity contribution in [1.29, 1.82) is 0 Å². The summed E-state index contributed by atoms with van der Waals surface area (Å²) in [7, 11) is 1.26. The molecular formula is C13H11NO3. The second kappa shape index (κ2) is 4.25. The van der Waals surface area contributed by atoms with E-state index in [0.717, 1.165) is 10.8 Å². The number of methoxy groups -OCH3 is 1. The first-order valence-electron chi connectivity index (χ1n) is 4.98. The summed E-state index contributed by atoms with van der Waals surface area (Å²) in [5.74, 6) is -0.802. The normalized spacial score (nSPS) is 10.2. The molecule has 0 aliphatic heterocycles. The molecule has 17 heavy (non-hydrogen) atoms. The molecule has 2 rings (SSSR count). The van der Waals surface area contributed by atoms with Crippen LogP contribution in [-0.4, -0.2) is 24.9 Å². The van der Waals surface area contributed by atoms with Crippen LogP contribution in [0.1, 0.15) is 10.4 Å². The Morgan fingerprint density at radius 3 is 2.76 bits per heavy atom. The minimum Gasteiger partial charge on any atom is -0.505 e. The Bertz CT molecular complexity index is 605. The molecule has 2 aromatic rings. The van der Waals surface area contributed by atoms with Gasteiger partial charge in [0.25, 0.3) is 0 Å². The number of aromatic hydroxyl groups is 1. The quantitative estimate of drug-likeness (QED) is 0.636. The number of carbonyl (C=O) groups is 1. The summed E-state index contributed by atoms with van der Waals surface area (Å²) in [5, 5.41) is 11.5. The number of phenols is 1. The van der Waals surface area contributed by atoms with Crippen LogP contribution < -0.4 is 0 Å². The minimum absolute atomic E-state index is 0.0913. The van der Waals surface area contributed by atoms with Crippen LogP contribution in [0.15, 0.2) is 35.3 Å². The van der Waals surface area contributed by atoms with Crippen molar-refractivity contribution in [3.8, 4) is 5.75 Å². The molecule has 0 saturated heterocycles. The van der Waals surface area contributed by atoms with Crippen LogP contribution in [0.4, 0.5) is 5.69 Å². The van der Waals surface area contributed by atoms with Crippen molar-refractivity contribution < 1.29 is 14.6 Å². The second-order valence-electron chi connectivity index (χ2n) is 3.49. The zero-order chi connectivity index (χ0) is 12.4. The Balaban J connectivity index is 2.84. The Kier molecular flexibility index (Phi) is 2.78. The number of phenolic OH excluding ortho intramolecular Hbond substituents is 1. The lowest BCUT2D eigenvalue weighted by atomic mass is 10.0. The van der Waals surface area contributed by atoms with Crippen molar-refractivity contribution in [1.82, 2.24) is 0 Å². The third-order valence-electron chi connectivity index (χ3n) is 2.56. The van der Waals surface area contributed by atoms with Gasteiger partial charge in [0, 0.05) is 5.39 Å². The molecule has 0 spiro atoms. The highest BCUT2D eigenvalue weighted by Gasteiger charge is 2.17. The van der Waals surface area contributed by atoms with Gasteiger partial charge in [-0.15, -0.1) is 0 Å². The second-order valence-corrected chi connectivity index (χ2v) is 3.49. The van der Waals surface area contributed by atoms with Crippen LogP contribution in [0.5, 0.6) is 5.75 Å². The zero-order valence-electron chi connectivity index (χ0n) is 9.30. The van der Waals surface area contributed by atoms with Gasteiger partial charge in [0.2, 0.25) is 0 Å². The Hall–Kier alpha value is -2.36. The predicted molar refractivity (Wildman–Crippen MR) is 66.2 cm³/mol. The van der Waals surface area contributed by atoms with Crippen LogP contribution in [0.25, 0.3) is 10.8 Å². The van der Waals surface area contributed by atoms with E-state index in [2.05, 4.69) is 16.4 Å². The number of esters is 1. The van der Waals surface area contributed by atoms with Crippen molar-refractivity contribution in [2.75, 3.05) is 7.11 Å². The number of ether oxygens (including phenoxy) is 1. The molecule has 2 aromatic carbocycles. The van der Waals surface area contributed by atoms with Crippen LogP contribution in [0, 0.1) is 0 Å². The molecule has 0 atom stereocenters. The van der Waals surface area contributed by atoms with Crippen molar-refractivity contribution in [2.45, 2.75) is 0 Å². The summed E-state index contributed by atoms with van der Waals surface area (Å²) in [6.07, 6.45) is 0. The Morgan fingerprint density at radius 1 is 1.41 bits per heavy atom. The van der Waals surface area contributed by atoms with Crippen LogP contribution >= 0.6 is 0 Å². The standard InChI is InChI=1S/C13H11NO3/c1-14-11-9-6-4-3-5-8(9)7-10(12(11)15)13(16)17-2/h3-7,15H,1H2,2H3. The summed E-state index contributed by atoms with van der Waals surface area (Å²) < 4.78 is 4.60. The third-order valence-corrected chi connectivity index (χ3v) is 2.56. The van der Waals surface area contributed by atoms with E-state index in [1.165, 1.54) is 7.11 Å². The van der Waals surface area contributed by atoms with Crippen LogP contribution in [0.3, 0.4) is 0 Å². The Labute approximate surface area is 98.2 Å². The fourth-order valence-electron chi connectivity index (χ4n) is 1.74. The monoisotopic (exact) mass is 229 g/mol. The lowest BCUT2D eigenvalue weighted by molar-refractivity contribution is 0.0598. The number of hydrogen-bond acceptors (Lipinski definition) is 4. The van der Waals surface area contributed by atoms with Gasteiger partial charge in [-0.3, -0.25) is 4.99 Å². The SMILES string of the molecule is C=Nc1c(O)c(C(=O)OC)cc2ccccc12. The zero-order valence-corrected chi connectivity index (χ0v) is 9.30. The van der Waals surface area contributed by atoms with E-state index in [0.29, 0.717) is 5.69 Å². The first-order chi connectivity index (χ1) is 8.19. The molecule has 0 heterocycles. The number of carbonyl (C=O) groups excluding carboxylic acids is 1. The molecule has 0 bridgehead atoms. The summed E-state index contributed by atoms with van der Waals surface area (Å²) >= 11 is 0. The number of benzene rings is 2. The van der Waals surface area contributed by atoms with E-state index in [-0.39, 0.29) is 11.3 Å². The first-order valence-corrected chi connectivity index (χ1v) is 4.98. The number of hydrogen-bond donors (Lipinski definition) is 1. The van der Waals surface area contributed by atoms with Gasteiger partial charge >= 0.3 is 5.97 Å². The summed E-state index contributed by atoms with van der Waals surface area (Å²) in [5.41, 5.74) is 0.386. The maximum Gasteiger partial charge on any atom is 0.341 e. The Morgan fingerprint density at radius 2 is 2.12 bits per heavy atom. The lowest BCUT2D eigenvalue weighted by Crippen LogP contribution is -2.01. The highest BCUT2D eigenvalue weighted by atomic mass is 16.5. The van der Waals surface area contributed by atoms with E-state index in [1.807, 2.05) is 18.2 Å². The van der Waals surface area contributed by atoms with Crippen LogP contribution in [-0.2, 0) is 4.74 Å². The van der Waals surface area contributed by atoms with Gasteiger partial charge in [-0.25, -0.2) is 4.79 Å². The van der Waals surface area contributed by atoms with Crippen molar-refractivity contribution in [3.63, 3.8) is 0 Å². The molecule has 0 aromatic heterocycles. The van der Waals surface area contributed by atoms with Crippen molar-refractivity contribution in [3.05, 3.63) is 35.9 Å². The molecule has 86 valence electrons. The van der Waals surface area contributed by atoms with Gasteiger partial charge in [-0.1, -0.05) is 24.3 Å². The van der Waals surface area contributed by atoms with E-state index >= 15 is 0 Å². The molecule has 0 aliphatic carbocycles. The molecule has 0 saturated carbocycles. The lowest BCUT2D eigenvalue weighted by Gasteiger charge is -2.08. The average molecular weight is 229 g/mol. The molecular weight excluding hydrogens is 218 g/mol. The van der Waals surface area contributed by atoms with E-state index < -0.39 is 5.97 Å². The maximum absolute atomic E-state index is 11.5. The molecule has 0 fully saturated rings. The summed E-state index contributed by atoms with van der Waals surface area (Å²) in [6.45, 7) is 3.41. The topological polar surface area (TPSA) is 58.9 Å². The molecule has 4 heteroatoms. The van der Waals surface area contributed by atoms with Gasteiger partial charge in [0.15, 0.2) is 5.75 Å². The largest absolute Gasteiger partial charge is 0.505 e. The van der Waals surface area contributed by atoms with E-state index in [4.69, 9.17) is 0 Å². The third kappa shape index (κ3) is 1.73. The van der Waals surface area contributed by atoms with Gasteiger partial charge in [-0.05, 0) is 18.2 Å². The fourth-order valence-corrected chi connectivity index (χ4v) is 1.74. The highest BCUT2D eigenvalue weighted by Crippen LogP contribution is 2.38. The van der Waals surface area contributed by atoms with E-state index in [1.54, 1.807) is 12.1 Å². The minimum atomic E-state index is -0.599. The molecule has 1 N–H and O–H groups in total. The van der Waals surface area contributed by atoms with Gasteiger partial charge < -0.3 is 9.84 Å². The first kappa shape index (κ1) is 11.1. The number of nitrogens with zero attached hydrogens (tertiary/aromatic N) is 1. The summed E-state index contributed by atoms with van der Waals surface area (Å²) in [4.78, 5) is 15.3. The number of aliphatic imine (C=N–C) groups is 1. The summed E-state index contributed by atoms with van der Waals surface area (Å²) in [6, 6.07) is 8.88. The number of rotatable bonds is 2. The van der Waals surface area contributed by atoms with Gasteiger partial charge in [0.05, 0.1) is 7.11 Å². The van der Waals surface area contributed by atoms with Crippen molar-refractivity contribution >= 4 is 29.1 Å².